The van der Waals surface area contributed by atoms with Crippen molar-refractivity contribution in [2.24, 2.45) is 0 Å². The highest BCUT2D eigenvalue weighted by molar-refractivity contribution is 6.64. The van der Waals surface area contributed by atoms with Crippen LogP contribution in [-0.4, -0.2) is 17.1 Å². The molecule has 1 N–H and O–H groups in total. The first-order valence-corrected chi connectivity index (χ1v) is 4.43. The van der Waals surface area contributed by atoms with Crippen molar-refractivity contribution in [2.45, 2.75) is 13.0 Å². The van der Waals surface area contributed by atoms with E-state index in [0.717, 1.165) is 6.08 Å². The van der Waals surface area contributed by atoms with Gasteiger partial charge in [0, 0.05) is 0 Å². The number of aromatic nitrogens is 1. The largest absolute Gasteiger partial charge is 0.502 e. The van der Waals surface area contributed by atoms with Crippen molar-refractivity contribution in [3.05, 3.63) is 35.6 Å². The Labute approximate surface area is 85.5 Å². The molecule has 0 radical (unpaired) electrons. The lowest BCUT2D eigenvalue weighted by molar-refractivity contribution is 0.194. The summed E-state index contributed by atoms with van der Waals surface area (Å²) in [5.74, 6) is 0.175. The molecule has 0 saturated carbocycles. The van der Waals surface area contributed by atoms with Crippen LogP contribution in [0.25, 0.3) is 6.08 Å². The molecule has 1 unspecified atom stereocenters. The Kier molecular flexibility index (Phi) is 3.52. The second-order valence-corrected chi connectivity index (χ2v) is 3.15. The fourth-order valence-electron chi connectivity index (χ4n) is 1.00. The van der Waals surface area contributed by atoms with E-state index in [4.69, 9.17) is 0 Å². The SMILES string of the molecule is CC(O)c1cccc(/C=C/[B-](F)(F)F)n1. The van der Waals surface area contributed by atoms with Gasteiger partial charge in [-0.15, -0.1) is 5.98 Å². The zero-order valence-electron chi connectivity index (χ0n) is 8.07. The Bertz CT molecular complexity index is 363. The van der Waals surface area contributed by atoms with Crippen LogP contribution in [0.15, 0.2) is 24.2 Å². The monoisotopic (exact) mass is 216 g/mol. The van der Waals surface area contributed by atoms with E-state index in [1.807, 2.05) is 0 Å². The number of nitrogens with zero attached hydrogens (tertiary/aromatic N) is 1. The Morgan fingerprint density at radius 1 is 1.40 bits per heavy atom. The fraction of sp³-hybridized carbons (Fsp3) is 0.222. The van der Waals surface area contributed by atoms with Gasteiger partial charge < -0.3 is 18.1 Å². The zero-order chi connectivity index (χ0) is 11.5. The van der Waals surface area contributed by atoms with Crippen LogP contribution in [0.4, 0.5) is 12.9 Å². The van der Waals surface area contributed by atoms with Crippen molar-refractivity contribution in [1.29, 1.82) is 0 Å². The molecule has 0 aliphatic carbocycles. The van der Waals surface area contributed by atoms with Gasteiger partial charge in [0.25, 0.3) is 0 Å². The quantitative estimate of drug-likeness (QED) is 0.787. The van der Waals surface area contributed by atoms with Gasteiger partial charge in [0.05, 0.1) is 17.5 Å². The summed E-state index contributed by atoms with van der Waals surface area (Å²) in [7, 11) is 0. The average Bonchev–Trinajstić information content (AvgIpc) is 2.14. The van der Waals surface area contributed by atoms with Crippen molar-refractivity contribution in [3.63, 3.8) is 0 Å². The molecule has 0 aromatic carbocycles. The van der Waals surface area contributed by atoms with Gasteiger partial charge in [0.1, 0.15) is 0 Å². The van der Waals surface area contributed by atoms with Crippen molar-refractivity contribution < 1.29 is 18.1 Å². The van der Waals surface area contributed by atoms with Gasteiger partial charge >= 0.3 is 6.98 Å². The molecule has 0 spiro atoms. The molecule has 0 saturated heterocycles. The Morgan fingerprint density at radius 3 is 2.60 bits per heavy atom. The minimum atomic E-state index is -4.94. The van der Waals surface area contributed by atoms with Crippen LogP contribution in [-0.2, 0) is 0 Å². The van der Waals surface area contributed by atoms with Crippen LogP contribution in [0.1, 0.15) is 24.4 Å². The van der Waals surface area contributed by atoms with Crippen LogP contribution in [0.2, 0.25) is 0 Å². The Hall–Kier alpha value is -1.30. The molecule has 1 atom stereocenters. The molecular weight excluding hydrogens is 206 g/mol. The van der Waals surface area contributed by atoms with Gasteiger partial charge in [-0.25, -0.2) is 0 Å². The van der Waals surface area contributed by atoms with Crippen LogP contribution in [0.3, 0.4) is 0 Å². The van der Waals surface area contributed by atoms with Gasteiger partial charge in [-0.05, 0) is 19.1 Å². The van der Waals surface area contributed by atoms with E-state index in [1.54, 1.807) is 12.1 Å². The van der Waals surface area contributed by atoms with Crippen LogP contribution >= 0.6 is 0 Å². The molecule has 82 valence electrons. The number of aliphatic hydroxyl groups excluding tert-OH is 1. The van der Waals surface area contributed by atoms with Crippen molar-refractivity contribution in [1.82, 2.24) is 4.98 Å². The second kappa shape index (κ2) is 4.48. The summed E-state index contributed by atoms with van der Waals surface area (Å²) < 4.78 is 35.7. The van der Waals surface area contributed by atoms with E-state index < -0.39 is 13.1 Å². The number of hydrogen-bond donors (Lipinski definition) is 1. The van der Waals surface area contributed by atoms with Crippen molar-refractivity contribution >= 4 is 13.1 Å². The van der Waals surface area contributed by atoms with E-state index in [2.05, 4.69) is 4.98 Å². The number of hydrogen-bond acceptors (Lipinski definition) is 2. The lowest BCUT2D eigenvalue weighted by atomic mass is 9.91. The first-order valence-electron chi connectivity index (χ1n) is 4.43. The van der Waals surface area contributed by atoms with Gasteiger partial charge in [-0.1, -0.05) is 12.1 Å². The Balaban J connectivity index is 2.87. The standard InChI is InChI=1S/C9H10BF3NO/c1-7(15)9-4-2-3-8(14-9)5-6-10(11,12)13/h2-7,15H,1H3/q-1/b6-5+. The normalized spacial score (nSPS) is 14.5. The molecule has 0 amide bonds. The molecule has 0 aliphatic rings. The smallest absolute Gasteiger partial charge is 0.445 e. The predicted molar refractivity (Wildman–Crippen MR) is 53.0 cm³/mol. The summed E-state index contributed by atoms with van der Waals surface area (Å²) in [6, 6.07) is 4.56. The topological polar surface area (TPSA) is 33.1 Å². The molecular formula is C9H10BF3NO-. The minimum Gasteiger partial charge on any atom is -0.445 e. The highest BCUT2D eigenvalue weighted by Crippen LogP contribution is 2.14. The number of aliphatic hydroxyl groups is 1. The van der Waals surface area contributed by atoms with Crippen LogP contribution in [0, 0.1) is 0 Å². The maximum atomic E-state index is 11.9. The maximum Gasteiger partial charge on any atom is 0.502 e. The number of rotatable bonds is 3. The van der Waals surface area contributed by atoms with Crippen LogP contribution in [0.5, 0.6) is 0 Å². The number of halogens is 3. The summed E-state index contributed by atoms with van der Waals surface area (Å²) in [5, 5.41) is 9.17. The fourth-order valence-corrected chi connectivity index (χ4v) is 1.00. The lowest BCUT2D eigenvalue weighted by Gasteiger charge is -2.07. The van der Waals surface area contributed by atoms with E-state index >= 15 is 0 Å². The highest BCUT2D eigenvalue weighted by atomic mass is 19.4. The molecule has 15 heavy (non-hydrogen) atoms. The van der Waals surface area contributed by atoms with Crippen molar-refractivity contribution in [2.75, 3.05) is 0 Å². The summed E-state index contributed by atoms with van der Waals surface area (Å²) in [6.45, 7) is -3.44. The van der Waals surface area contributed by atoms with Gasteiger partial charge in [-0.2, -0.15) is 0 Å². The lowest BCUT2D eigenvalue weighted by Crippen LogP contribution is -2.09. The van der Waals surface area contributed by atoms with Gasteiger partial charge in [-0.3, -0.25) is 4.98 Å². The third-order valence-electron chi connectivity index (χ3n) is 1.71. The van der Waals surface area contributed by atoms with Gasteiger partial charge in [0.2, 0.25) is 0 Å². The first kappa shape index (κ1) is 11.8. The summed E-state index contributed by atoms with van der Waals surface area (Å²) in [6.07, 6.45) is 0.112. The van der Waals surface area contributed by atoms with E-state index in [1.165, 1.54) is 13.0 Å². The highest BCUT2D eigenvalue weighted by Gasteiger charge is 2.17. The molecule has 6 heteroatoms. The second-order valence-electron chi connectivity index (χ2n) is 3.15. The molecule has 1 aromatic heterocycles. The molecule has 1 rings (SSSR count). The average molecular weight is 216 g/mol. The molecule has 2 nitrogen and oxygen atoms in total. The van der Waals surface area contributed by atoms with E-state index in [-0.39, 0.29) is 11.7 Å². The zero-order valence-corrected chi connectivity index (χ0v) is 8.07. The number of pyridine rings is 1. The van der Waals surface area contributed by atoms with E-state index in [0.29, 0.717) is 5.69 Å². The predicted octanol–water partition coefficient (Wildman–Crippen LogP) is 2.53. The minimum absolute atomic E-state index is 0.175. The van der Waals surface area contributed by atoms with E-state index in [9.17, 15) is 18.1 Å². The summed E-state index contributed by atoms with van der Waals surface area (Å²) >= 11 is 0. The molecule has 0 fully saturated rings. The molecule has 0 bridgehead atoms. The first-order chi connectivity index (χ1) is 6.88. The summed E-state index contributed by atoms with van der Waals surface area (Å²) in [5.41, 5.74) is 0.541. The third-order valence-corrected chi connectivity index (χ3v) is 1.71. The summed E-state index contributed by atoms with van der Waals surface area (Å²) in [4.78, 5) is 3.85. The van der Waals surface area contributed by atoms with Gasteiger partial charge in [0.15, 0.2) is 0 Å². The maximum absolute atomic E-state index is 11.9. The Morgan fingerprint density at radius 2 is 2.07 bits per heavy atom. The molecule has 1 heterocycles. The van der Waals surface area contributed by atoms with Crippen molar-refractivity contribution in [3.8, 4) is 0 Å². The molecule has 1 aromatic rings. The van der Waals surface area contributed by atoms with Crippen LogP contribution < -0.4 is 0 Å². The molecule has 0 aliphatic heterocycles. The third kappa shape index (κ3) is 4.16.